The Kier molecular flexibility index (Phi) is 6.75. The summed E-state index contributed by atoms with van der Waals surface area (Å²) in [5.74, 6) is 2.72. The molecule has 0 aliphatic heterocycles. The van der Waals surface area contributed by atoms with Crippen molar-refractivity contribution in [1.29, 1.82) is 5.26 Å². The first kappa shape index (κ1) is 21.9. The topological polar surface area (TPSA) is 75.8 Å². The van der Waals surface area contributed by atoms with E-state index in [0.717, 1.165) is 36.3 Å². The zero-order valence-corrected chi connectivity index (χ0v) is 19.1. The Balaban J connectivity index is 1.32. The van der Waals surface area contributed by atoms with Crippen molar-refractivity contribution < 1.29 is 4.74 Å². The molecule has 3 aromatic rings. The molecule has 2 heterocycles. The first-order valence-electron chi connectivity index (χ1n) is 11.4. The van der Waals surface area contributed by atoms with Gasteiger partial charge in [0.25, 0.3) is 0 Å². The number of rotatable bonds is 7. The van der Waals surface area contributed by atoms with Crippen LogP contribution in [0.15, 0.2) is 48.9 Å². The van der Waals surface area contributed by atoms with E-state index >= 15 is 0 Å². The molecule has 1 aliphatic rings. The minimum absolute atomic E-state index is 0.350. The molecule has 1 aliphatic carbocycles. The molecule has 6 nitrogen and oxygen atoms in total. The third-order valence-electron chi connectivity index (χ3n) is 6.46. The average Bonchev–Trinajstić information content (AvgIpc) is 3.34. The van der Waals surface area contributed by atoms with E-state index in [9.17, 15) is 5.26 Å². The fourth-order valence-corrected chi connectivity index (χ4v) is 4.49. The summed E-state index contributed by atoms with van der Waals surface area (Å²) in [6.07, 6.45) is 10.5. The van der Waals surface area contributed by atoms with Crippen LogP contribution in [0, 0.1) is 17.2 Å². The van der Waals surface area contributed by atoms with Crippen molar-refractivity contribution in [2.24, 2.45) is 5.92 Å². The van der Waals surface area contributed by atoms with Gasteiger partial charge in [0, 0.05) is 30.5 Å². The van der Waals surface area contributed by atoms with Crippen LogP contribution < -0.4 is 10.1 Å². The lowest BCUT2D eigenvalue weighted by Crippen LogP contribution is -2.21. The highest BCUT2D eigenvalue weighted by Crippen LogP contribution is 2.37. The maximum atomic E-state index is 9.36. The molecule has 0 bridgehead atoms. The Morgan fingerprint density at radius 1 is 1.16 bits per heavy atom. The van der Waals surface area contributed by atoms with Gasteiger partial charge >= 0.3 is 0 Å². The smallest absolute Gasteiger partial charge is 0.136 e. The Bertz CT molecular complexity index is 1090. The van der Waals surface area contributed by atoms with Crippen LogP contribution in [0.4, 0.5) is 5.82 Å². The fourth-order valence-electron chi connectivity index (χ4n) is 4.49. The lowest BCUT2D eigenvalue weighted by atomic mass is 9.78. The van der Waals surface area contributed by atoms with Crippen molar-refractivity contribution in [2.45, 2.75) is 51.5 Å². The summed E-state index contributed by atoms with van der Waals surface area (Å²) in [6, 6.07) is 12.8. The van der Waals surface area contributed by atoms with E-state index in [1.54, 1.807) is 7.11 Å². The van der Waals surface area contributed by atoms with Crippen molar-refractivity contribution in [2.75, 3.05) is 19.0 Å². The lowest BCUT2D eigenvalue weighted by molar-refractivity contribution is 0.338. The number of methoxy groups -OCH3 is 1. The summed E-state index contributed by atoms with van der Waals surface area (Å²) in [4.78, 5) is 4.51. The van der Waals surface area contributed by atoms with Crippen LogP contribution in [-0.2, 0) is 0 Å². The van der Waals surface area contributed by atoms with Crippen LogP contribution in [0.25, 0.3) is 11.1 Å². The average molecular weight is 430 g/mol. The van der Waals surface area contributed by atoms with Crippen molar-refractivity contribution in [3.8, 4) is 22.9 Å². The molecule has 1 fully saturated rings. The summed E-state index contributed by atoms with van der Waals surface area (Å²) < 4.78 is 7.25. The van der Waals surface area contributed by atoms with Gasteiger partial charge in [-0.25, -0.2) is 4.98 Å². The van der Waals surface area contributed by atoms with Crippen LogP contribution in [0.1, 0.15) is 62.6 Å². The molecule has 0 unspecified atom stereocenters. The number of nitriles is 1. The number of nitrogens with zero attached hydrogens (tertiary/aromatic N) is 4. The number of aromatic nitrogens is 3. The van der Waals surface area contributed by atoms with Crippen LogP contribution >= 0.6 is 0 Å². The molecule has 4 rings (SSSR count). The van der Waals surface area contributed by atoms with Gasteiger partial charge in [-0.3, -0.25) is 4.68 Å². The number of hydrogen-bond donors (Lipinski definition) is 1. The highest BCUT2D eigenvalue weighted by Gasteiger charge is 2.23. The molecular formula is C26H31N5O. The lowest BCUT2D eigenvalue weighted by Gasteiger charge is -2.29. The van der Waals surface area contributed by atoms with E-state index in [2.05, 4.69) is 53.6 Å². The molecule has 2 aromatic heterocycles. The van der Waals surface area contributed by atoms with E-state index in [-0.39, 0.29) is 0 Å². The molecule has 0 amide bonds. The highest BCUT2D eigenvalue weighted by atomic mass is 16.5. The number of pyridine rings is 1. The van der Waals surface area contributed by atoms with E-state index in [1.807, 2.05) is 35.3 Å². The van der Waals surface area contributed by atoms with E-state index in [0.29, 0.717) is 29.2 Å². The van der Waals surface area contributed by atoms with Gasteiger partial charge in [0.2, 0.25) is 0 Å². The van der Waals surface area contributed by atoms with Crippen LogP contribution in [0.5, 0.6) is 5.75 Å². The van der Waals surface area contributed by atoms with Gasteiger partial charge in [0.15, 0.2) is 0 Å². The van der Waals surface area contributed by atoms with E-state index in [4.69, 9.17) is 4.74 Å². The van der Waals surface area contributed by atoms with Crippen LogP contribution in [-0.4, -0.2) is 28.4 Å². The van der Waals surface area contributed by atoms with Crippen molar-refractivity contribution in [3.63, 3.8) is 0 Å². The second-order valence-corrected chi connectivity index (χ2v) is 8.90. The molecule has 0 radical (unpaired) electrons. The molecule has 1 aromatic carbocycles. The van der Waals surface area contributed by atoms with Gasteiger partial charge in [0.1, 0.15) is 17.6 Å². The van der Waals surface area contributed by atoms with E-state index in [1.165, 1.54) is 18.4 Å². The molecule has 1 saturated carbocycles. The normalized spacial score (nSPS) is 18.3. The second-order valence-electron chi connectivity index (χ2n) is 8.90. The Morgan fingerprint density at radius 3 is 2.66 bits per heavy atom. The molecule has 0 atom stereocenters. The Morgan fingerprint density at radius 2 is 1.97 bits per heavy atom. The monoisotopic (exact) mass is 429 g/mol. The molecule has 0 spiro atoms. The standard InChI is InChI=1S/C26H31N5O/c1-18(2)31-17-24(16-30-31)22-10-11-28-26(13-22)29-15-19-4-6-20(7-5-19)21-8-9-25(32-3)23(12-21)14-27/h8-13,16-20H,4-7,15H2,1-3H3,(H,28,29). The summed E-state index contributed by atoms with van der Waals surface area (Å²) in [6.45, 7) is 5.19. The SMILES string of the molecule is COc1ccc(C2CCC(CNc3cc(-c4cnn(C(C)C)c4)ccn3)CC2)cc1C#N. The second kappa shape index (κ2) is 9.86. The third kappa shape index (κ3) is 4.94. The maximum absolute atomic E-state index is 9.36. The summed E-state index contributed by atoms with van der Waals surface area (Å²) >= 11 is 0. The molecule has 0 saturated heterocycles. The van der Waals surface area contributed by atoms with Crippen molar-refractivity contribution in [1.82, 2.24) is 14.8 Å². The molecule has 166 valence electrons. The van der Waals surface area contributed by atoms with Crippen LogP contribution in [0.3, 0.4) is 0 Å². The number of anilines is 1. The summed E-state index contributed by atoms with van der Waals surface area (Å²) in [5.41, 5.74) is 4.12. The maximum Gasteiger partial charge on any atom is 0.136 e. The fraction of sp³-hybridized carbons (Fsp3) is 0.423. The predicted molar refractivity (Wildman–Crippen MR) is 127 cm³/mol. The highest BCUT2D eigenvalue weighted by molar-refractivity contribution is 5.64. The Hall–Kier alpha value is -3.33. The first-order valence-corrected chi connectivity index (χ1v) is 11.4. The van der Waals surface area contributed by atoms with Gasteiger partial charge < -0.3 is 10.1 Å². The number of hydrogen-bond acceptors (Lipinski definition) is 5. The number of benzene rings is 1. The zero-order valence-electron chi connectivity index (χ0n) is 19.1. The van der Waals surface area contributed by atoms with Gasteiger partial charge in [0.05, 0.1) is 18.9 Å². The van der Waals surface area contributed by atoms with Crippen molar-refractivity contribution in [3.05, 3.63) is 60.0 Å². The largest absolute Gasteiger partial charge is 0.495 e. The quantitative estimate of drug-likeness (QED) is 0.514. The van der Waals surface area contributed by atoms with Gasteiger partial charge in [-0.1, -0.05) is 6.07 Å². The first-order chi connectivity index (χ1) is 15.6. The molecule has 32 heavy (non-hydrogen) atoms. The van der Waals surface area contributed by atoms with Crippen molar-refractivity contribution >= 4 is 5.82 Å². The summed E-state index contributed by atoms with van der Waals surface area (Å²) in [7, 11) is 1.61. The predicted octanol–water partition coefficient (Wildman–Crippen LogP) is 5.79. The Labute approximate surface area is 190 Å². The number of ether oxygens (including phenoxy) is 1. The molecule has 1 N–H and O–H groups in total. The van der Waals surface area contributed by atoms with Gasteiger partial charge in [-0.15, -0.1) is 0 Å². The van der Waals surface area contributed by atoms with Crippen LogP contribution in [0.2, 0.25) is 0 Å². The van der Waals surface area contributed by atoms with E-state index < -0.39 is 0 Å². The molecule has 6 heteroatoms. The van der Waals surface area contributed by atoms with Gasteiger partial charge in [-0.2, -0.15) is 10.4 Å². The zero-order chi connectivity index (χ0) is 22.5. The third-order valence-corrected chi connectivity index (χ3v) is 6.46. The minimum atomic E-state index is 0.350. The minimum Gasteiger partial charge on any atom is -0.495 e. The summed E-state index contributed by atoms with van der Waals surface area (Å²) in [5, 5.41) is 17.4. The van der Waals surface area contributed by atoms with Gasteiger partial charge in [-0.05, 0) is 86.8 Å². The number of nitrogens with one attached hydrogen (secondary N) is 1. The molecular weight excluding hydrogens is 398 g/mol.